The zero-order valence-corrected chi connectivity index (χ0v) is 9.64. The molecule has 16 heavy (non-hydrogen) atoms. The van der Waals surface area contributed by atoms with Gasteiger partial charge in [0.05, 0.1) is 18.1 Å². The van der Waals surface area contributed by atoms with E-state index >= 15 is 0 Å². The molecule has 5 nitrogen and oxygen atoms in total. The highest BCUT2D eigenvalue weighted by Gasteiger charge is 2.18. The molecule has 0 heterocycles. The highest BCUT2D eigenvalue weighted by molar-refractivity contribution is 7.86. The van der Waals surface area contributed by atoms with Gasteiger partial charge in [0, 0.05) is 0 Å². The fraction of sp³-hybridized carbons (Fsp3) is 0.400. The summed E-state index contributed by atoms with van der Waals surface area (Å²) in [6.45, 7) is 0.662. The average Bonchev–Trinajstić information content (AvgIpc) is 2.26. The van der Waals surface area contributed by atoms with Crippen molar-refractivity contribution in [2.45, 2.75) is 17.9 Å². The van der Waals surface area contributed by atoms with Gasteiger partial charge in [-0.25, -0.2) is 0 Å². The highest BCUT2D eigenvalue weighted by Crippen LogP contribution is 2.16. The molecule has 90 valence electrons. The number of aliphatic hydroxyl groups excluding tert-OH is 2. The second-order valence-electron chi connectivity index (χ2n) is 3.34. The van der Waals surface area contributed by atoms with Crippen molar-refractivity contribution in [1.29, 1.82) is 0 Å². The lowest BCUT2D eigenvalue weighted by molar-refractivity contribution is 0.0557. The van der Waals surface area contributed by atoms with Crippen LogP contribution in [0.5, 0.6) is 0 Å². The van der Waals surface area contributed by atoms with Crippen molar-refractivity contribution < 1.29 is 22.8 Å². The Morgan fingerprint density at radius 1 is 1.38 bits per heavy atom. The van der Waals surface area contributed by atoms with Crippen molar-refractivity contribution in [2.75, 3.05) is 13.2 Å². The summed E-state index contributed by atoms with van der Waals surface area (Å²) in [4.78, 5) is 0.0696. The second-order valence-corrected chi connectivity index (χ2v) is 4.92. The van der Waals surface area contributed by atoms with Crippen LogP contribution in [-0.4, -0.2) is 37.9 Å². The molecule has 0 aliphatic rings. The molecule has 0 spiro atoms. The van der Waals surface area contributed by atoms with Crippen molar-refractivity contribution in [2.24, 2.45) is 0 Å². The summed E-state index contributed by atoms with van der Waals surface area (Å²) in [5, 5.41) is 17.5. The Hall–Kier alpha value is -0.950. The van der Waals surface area contributed by atoms with Crippen LogP contribution in [0.3, 0.4) is 0 Å². The Kier molecular flexibility index (Phi) is 4.43. The van der Waals surface area contributed by atoms with Gasteiger partial charge in [-0.3, -0.25) is 4.18 Å². The lowest BCUT2D eigenvalue weighted by atomic mass is 10.2. The lowest BCUT2D eigenvalue weighted by Gasteiger charge is -2.10. The van der Waals surface area contributed by atoms with Crippen molar-refractivity contribution in [3.8, 4) is 0 Å². The van der Waals surface area contributed by atoms with Crippen LogP contribution in [0.25, 0.3) is 0 Å². The number of rotatable bonds is 5. The van der Waals surface area contributed by atoms with E-state index in [9.17, 15) is 8.42 Å². The van der Waals surface area contributed by atoms with E-state index in [4.69, 9.17) is 10.2 Å². The molecule has 0 saturated heterocycles. The molecule has 1 rings (SSSR count). The molecule has 0 fully saturated rings. The molecule has 1 aromatic rings. The minimum absolute atomic E-state index is 0.0696. The van der Waals surface area contributed by atoms with Gasteiger partial charge in [0.15, 0.2) is 0 Å². The first-order valence-corrected chi connectivity index (χ1v) is 6.12. The molecule has 0 bridgehead atoms. The van der Waals surface area contributed by atoms with Crippen molar-refractivity contribution in [1.82, 2.24) is 0 Å². The standard InChI is InChI=1S/C10H14O5S/c1-8-4-2-3-5-10(8)16(13,14)15-7-9(12)6-11/h2-5,9,11-12H,6-7H2,1H3/t9-/m1/s1. The molecule has 1 atom stereocenters. The van der Waals surface area contributed by atoms with Crippen molar-refractivity contribution >= 4 is 10.1 Å². The van der Waals surface area contributed by atoms with E-state index in [1.54, 1.807) is 25.1 Å². The monoisotopic (exact) mass is 246 g/mol. The number of benzene rings is 1. The first-order chi connectivity index (χ1) is 7.47. The maximum atomic E-state index is 11.7. The van der Waals surface area contributed by atoms with E-state index < -0.39 is 29.4 Å². The number of hydrogen-bond donors (Lipinski definition) is 2. The van der Waals surface area contributed by atoms with Crippen LogP contribution in [0.2, 0.25) is 0 Å². The van der Waals surface area contributed by atoms with E-state index in [-0.39, 0.29) is 4.90 Å². The normalized spacial score (nSPS) is 13.7. The molecule has 0 unspecified atom stereocenters. The van der Waals surface area contributed by atoms with Crippen LogP contribution in [0.4, 0.5) is 0 Å². The van der Waals surface area contributed by atoms with Gasteiger partial charge >= 0.3 is 0 Å². The van der Waals surface area contributed by atoms with Gasteiger partial charge in [0.2, 0.25) is 0 Å². The summed E-state index contributed by atoms with van der Waals surface area (Å²) in [5.41, 5.74) is 0.570. The lowest BCUT2D eigenvalue weighted by Crippen LogP contribution is -2.22. The van der Waals surface area contributed by atoms with Gasteiger partial charge in [-0.1, -0.05) is 18.2 Å². The number of aliphatic hydroxyl groups is 2. The van der Waals surface area contributed by atoms with Gasteiger partial charge in [0.1, 0.15) is 6.10 Å². The molecule has 1 aromatic carbocycles. The third kappa shape index (κ3) is 3.28. The van der Waals surface area contributed by atoms with Crippen LogP contribution in [-0.2, 0) is 14.3 Å². The van der Waals surface area contributed by atoms with Crippen LogP contribution in [0.1, 0.15) is 5.56 Å². The molecular weight excluding hydrogens is 232 g/mol. The first-order valence-electron chi connectivity index (χ1n) is 4.71. The van der Waals surface area contributed by atoms with Crippen LogP contribution < -0.4 is 0 Å². The Morgan fingerprint density at radius 3 is 2.56 bits per heavy atom. The van der Waals surface area contributed by atoms with Crippen LogP contribution in [0, 0.1) is 6.92 Å². The van der Waals surface area contributed by atoms with E-state index in [0.29, 0.717) is 5.56 Å². The van der Waals surface area contributed by atoms with Gasteiger partial charge in [-0.2, -0.15) is 8.42 Å². The fourth-order valence-corrected chi connectivity index (χ4v) is 2.29. The molecule has 0 aliphatic carbocycles. The predicted molar refractivity (Wildman–Crippen MR) is 57.4 cm³/mol. The predicted octanol–water partition coefficient (Wildman–Crippen LogP) is 0.0535. The van der Waals surface area contributed by atoms with E-state index in [0.717, 1.165) is 0 Å². The van der Waals surface area contributed by atoms with Crippen LogP contribution in [0.15, 0.2) is 29.2 Å². The number of aryl methyl sites for hydroxylation is 1. The summed E-state index contributed by atoms with van der Waals surface area (Å²) in [6, 6.07) is 6.39. The summed E-state index contributed by atoms with van der Waals surface area (Å²) in [6.07, 6.45) is -1.20. The van der Waals surface area contributed by atoms with Gasteiger partial charge in [-0.15, -0.1) is 0 Å². The molecular formula is C10H14O5S. The zero-order chi connectivity index (χ0) is 12.2. The summed E-state index contributed by atoms with van der Waals surface area (Å²) < 4.78 is 27.9. The minimum Gasteiger partial charge on any atom is -0.394 e. The Morgan fingerprint density at radius 2 is 2.00 bits per heavy atom. The summed E-state index contributed by atoms with van der Waals surface area (Å²) in [7, 11) is -3.87. The van der Waals surface area contributed by atoms with Gasteiger partial charge in [0.25, 0.3) is 10.1 Å². The SMILES string of the molecule is Cc1ccccc1S(=O)(=O)OC[C@H](O)CO. The first kappa shape index (κ1) is 13.1. The molecule has 0 saturated carbocycles. The van der Waals surface area contributed by atoms with Crippen LogP contribution >= 0.6 is 0 Å². The molecule has 0 aliphatic heterocycles. The van der Waals surface area contributed by atoms with E-state index in [2.05, 4.69) is 4.18 Å². The third-order valence-electron chi connectivity index (χ3n) is 1.99. The van der Waals surface area contributed by atoms with E-state index in [1.807, 2.05) is 0 Å². The largest absolute Gasteiger partial charge is 0.394 e. The maximum absolute atomic E-state index is 11.7. The average molecular weight is 246 g/mol. The van der Waals surface area contributed by atoms with Gasteiger partial charge in [-0.05, 0) is 18.6 Å². The smallest absolute Gasteiger partial charge is 0.297 e. The summed E-state index contributed by atoms with van der Waals surface area (Å²) in [5.74, 6) is 0. The minimum atomic E-state index is -3.87. The fourth-order valence-electron chi connectivity index (χ4n) is 1.12. The second kappa shape index (κ2) is 5.40. The van der Waals surface area contributed by atoms with Gasteiger partial charge < -0.3 is 10.2 Å². The topological polar surface area (TPSA) is 83.8 Å². The summed E-state index contributed by atoms with van der Waals surface area (Å²) >= 11 is 0. The van der Waals surface area contributed by atoms with E-state index in [1.165, 1.54) is 6.07 Å². The number of hydrogen-bond acceptors (Lipinski definition) is 5. The van der Waals surface area contributed by atoms with Crippen molar-refractivity contribution in [3.05, 3.63) is 29.8 Å². The molecule has 2 N–H and O–H groups in total. The highest BCUT2D eigenvalue weighted by atomic mass is 32.2. The Balaban J connectivity index is 2.83. The maximum Gasteiger partial charge on any atom is 0.297 e. The third-order valence-corrected chi connectivity index (χ3v) is 3.43. The molecule has 0 radical (unpaired) electrons. The Bertz CT molecular complexity index is 440. The molecule has 0 amide bonds. The van der Waals surface area contributed by atoms with Crippen molar-refractivity contribution in [3.63, 3.8) is 0 Å². The molecule has 0 aromatic heterocycles. The quantitative estimate of drug-likeness (QED) is 0.717. The Labute approximate surface area is 94.4 Å². The zero-order valence-electron chi connectivity index (χ0n) is 8.83. The molecule has 6 heteroatoms.